The first kappa shape index (κ1) is 41.9. The van der Waals surface area contributed by atoms with Crippen LogP contribution in [0.25, 0.3) is 38.6 Å². The van der Waals surface area contributed by atoms with Crippen LogP contribution in [-0.4, -0.2) is 54.7 Å². The Balaban J connectivity index is 1.26. The van der Waals surface area contributed by atoms with Gasteiger partial charge in [-0.3, -0.25) is 28.2 Å². The summed E-state index contributed by atoms with van der Waals surface area (Å²) in [6, 6.07) is 8.34. The van der Waals surface area contributed by atoms with Crippen molar-refractivity contribution in [1.29, 1.82) is 0 Å². The van der Waals surface area contributed by atoms with E-state index >= 15 is 8.78 Å². The van der Waals surface area contributed by atoms with E-state index in [1.54, 1.807) is 0 Å². The lowest BCUT2D eigenvalue weighted by molar-refractivity contribution is -0.123. The predicted octanol–water partition coefficient (Wildman–Crippen LogP) is 7.36. The van der Waals surface area contributed by atoms with Gasteiger partial charge in [0.2, 0.25) is 21.9 Å². The van der Waals surface area contributed by atoms with Crippen molar-refractivity contribution in [3.63, 3.8) is 0 Å². The Labute approximate surface area is 354 Å². The van der Waals surface area contributed by atoms with Crippen molar-refractivity contribution in [1.82, 2.24) is 39.4 Å². The summed E-state index contributed by atoms with van der Waals surface area (Å²) in [6.07, 6.45) is -1.94. The van der Waals surface area contributed by atoms with Crippen LogP contribution in [0.3, 0.4) is 0 Å². The van der Waals surface area contributed by atoms with Gasteiger partial charge in [0.15, 0.2) is 11.6 Å². The zero-order valence-electron chi connectivity index (χ0n) is 32.3. The number of anilines is 1. The molecule has 13 nitrogen and oxygen atoms in total. The summed E-state index contributed by atoms with van der Waals surface area (Å²) >= 11 is 6.59. The number of nitrogens with zero attached hydrogens (tertiary/aromatic N) is 7. The summed E-state index contributed by atoms with van der Waals surface area (Å²) in [6.45, 7) is -1.05. The zero-order chi connectivity index (χ0) is 45.0. The molecule has 4 heterocycles. The number of amides is 1. The maximum atomic E-state index is 15.5. The van der Waals surface area contributed by atoms with E-state index in [0.717, 1.165) is 35.2 Å². The second-order valence-electron chi connectivity index (χ2n) is 15.3. The van der Waals surface area contributed by atoms with Crippen LogP contribution in [0.1, 0.15) is 53.1 Å². The van der Waals surface area contributed by atoms with E-state index in [-0.39, 0.29) is 72.8 Å². The van der Waals surface area contributed by atoms with Crippen molar-refractivity contribution in [3.05, 3.63) is 128 Å². The predicted molar refractivity (Wildman–Crippen MR) is 211 cm³/mol. The number of rotatable bonds is 11. The lowest BCUT2D eigenvalue weighted by Gasteiger charge is -2.24. The number of aromatic nitrogens is 7. The first-order valence-electron chi connectivity index (χ1n) is 18.7. The number of hydrogen-bond donors (Lipinski definition) is 2. The first-order valence-corrected chi connectivity index (χ1v) is 21.0. The Kier molecular flexibility index (Phi) is 9.88. The van der Waals surface area contributed by atoms with E-state index in [1.165, 1.54) is 42.1 Å². The molecule has 3 atom stereocenters. The Bertz CT molecular complexity index is 3250. The molecule has 9 rings (SSSR count). The molecule has 0 unspecified atom stereocenters. The molecule has 0 bridgehead atoms. The van der Waals surface area contributed by atoms with Gasteiger partial charge < -0.3 is 5.32 Å². The Morgan fingerprint density at radius 2 is 1.73 bits per heavy atom. The van der Waals surface area contributed by atoms with Crippen LogP contribution in [0.5, 0.6) is 0 Å². The maximum Gasteiger partial charge on any atom is 0.293 e. The molecule has 0 radical (unpaired) electrons. The molecular formula is C40H28ClF8N9O4S. The standard InChI is InChI=1S/C40H28ClF8N9O4S/c1-56-33-28(6-5-24(41)31(33)37(54-56)55-63(2,61)62)58-38(52-26-11-17(3-4-21(26)39(58)60)18-10-25(44)36(47)50-14-18)27(9-16-7-19(42)12-20(43)8-16)51-29(59)15-57-34-30(32(53-57)35(45)46)22-13-23(22)40(34,48)49/h3-8,10-12,14,22-23,27,35H,9,13,15H2,1-2H3,(H,51,59)(H,54,55)/t22-,23+,27-/m0/s1. The van der Waals surface area contributed by atoms with Crippen LogP contribution >= 0.6 is 11.6 Å². The van der Waals surface area contributed by atoms with Gasteiger partial charge >= 0.3 is 0 Å². The number of alkyl halides is 4. The summed E-state index contributed by atoms with van der Waals surface area (Å²) in [5.74, 6) is -12.2. The molecule has 1 saturated carbocycles. The molecule has 3 aromatic carbocycles. The minimum Gasteiger partial charge on any atom is -0.344 e. The molecule has 0 aliphatic heterocycles. The molecule has 4 aromatic heterocycles. The third-order valence-corrected chi connectivity index (χ3v) is 11.8. The van der Waals surface area contributed by atoms with E-state index < -0.39 is 99.5 Å². The largest absolute Gasteiger partial charge is 0.344 e. The number of aryl methyl sites for hydroxylation is 1. The number of carbonyl (C=O) groups is 1. The highest BCUT2D eigenvalue weighted by atomic mass is 35.5. The van der Waals surface area contributed by atoms with E-state index in [0.29, 0.717) is 10.7 Å². The van der Waals surface area contributed by atoms with Crippen LogP contribution in [0.15, 0.2) is 65.6 Å². The number of halogens is 9. The van der Waals surface area contributed by atoms with Crippen molar-refractivity contribution in [2.45, 2.75) is 43.7 Å². The lowest BCUT2D eigenvalue weighted by atomic mass is 10.0. The molecule has 2 aliphatic rings. The maximum absolute atomic E-state index is 15.5. The number of sulfonamides is 1. The highest BCUT2D eigenvalue weighted by Crippen LogP contribution is 2.68. The van der Waals surface area contributed by atoms with Crippen molar-refractivity contribution in [3.8, 4) is 16.8 Å². The molecule has 1 fully saturated rings. The van der Waals surface area contributed by atoms with Gasteiger partial charge in [-0.2, -0.15) is 23.4 Å². The fourth-order valence-electron chi connectivity index (χ4n) is 8.34. The minimum atomic E-state index is -3.96. The molecule has 63 heavy (non-hydrogen) atoms. The second-order valence-corrected chi connectivity index (χ2v) is 17.4. The molecule has 326 valence electrons. The van der Waals surface area contributed by atoms with Gasteiger partial charge in [0.1, 0.15) is 35.4 Å². The molecule has 0 saturated heterocycles. The van der Waals surface area contributed by atoms with Crippen molar-refractivity contribution < 1.29 is 48.3 Å². The van der Waals surface area contributed by atoms with Crippen LogP contribution in [0, 0.1) is 29.3 Å². The normalized spacial score (nSPS) is 17.0. The van der Waals surface area contributed by atoms with Gasteiger partial charge in [0.25, 0.3) is 17.9 Å². The highest BCUT2D eigenvalue weighted by Gasteiger charge is 2.67. The molecular weight excluding hydrogens is 890 g/mol. The lowest BCUT2D eigenvalue weighted by Crippen LogP contribution is -2.38. The van der Waals surface area contributed by atoms with Crippen molar-refractivity contribution >= 4 is 55.2 Å². The third kappa shape index (κ3) is 7.33. The van der Waals surface area contributed by atoms with E-state index in [4.69, 9.17) is 16.6 Å². The van der Waals surface area contributed by atoms with Crippen LogP contribution < -0.4 is 15.6 Å². The molecule has 7 aromatic rings. The second kappa shape index (κ2) is 14.9. The smallest absolute Gasteiger partial charge is 0.293 e. The van der Waals surface area contributed by atoms with E-state index in [1.807, 2.05) is 0 Å². The molecule has 2 N–H and O–H groups in total. The number of carbonyl (C=O) groups excluding carboxylic acids is 1. The fraction of sp³-hybridized carbons (Fsp3) is 0.250. The Hall–Kier alpha value is -6.42. The van der Waals surface area contributed by atoms with Gasteiger partial charge in [0.05, 0.1) is 44.8 Å². The number of nitrogens with one attached hydrogen (secondary N) is 2. The van der Waals surface area contributed by atoms with Crippen molar-refractivity contribution in [2.75, 3.05) is 11.0 Å². The Morgan fingerprint density at radius 3 is 2.41 bits per heavy atom. The summed E-state index contributed by atoms with van der Waals surface area (Å²) in [4.78, 5) is 37.2. The quantitative estimate of drug-likeness (QED) is 0.101. The molecule has 23 heteroatoms. The average molecular weight is 918 g/mol. The minimum absolute atomic E-state index is 0.00959. The highest BCUT2D eigenvalue weighted by molar-refractivity contribution is 7.92. The number of hydrogen-bond acceptors (Lipinski definition) is 8. The number of benzene rings is 3. The van der Waals surface area contributed by atoms with Gasteiger partial charge in [-0.25, -0.2) is 40.3 Å². The monoisotopic (exact) mass is 917 g/mol. The molecule has 1 amide bonds. The van der Waals surface area contributed by atoms with Gasteiger partial charge in [0, 0.05) is 42.8 Å². The topological polar surface area (TPSA) is 159 Å². The van der Waals surface area contributed by atoms with Gasteiger partial charge in [-0.15, -0.1) is 0 Å². The van der Waals surface area contributed by atoms with Crippen LogP contribution in [0.2, 0.25) is 5.02 Å². The van der Waals surface area contributed by atoms with Crippen molar-refractivity contribution in [2.24, 2.45) is 13.0 Å². The first-order chi connectivity index (χ1) is 29.7. The molecule has 0 spiro atoms. The summed E-state index contributed by atoms with van der Waals surface area (Å²) in [7, 11) is -2.55. The van der Waals surface area contributed by atoms with Gasteiger partial charge in [-0.1, -0.05) is 17.7 Å². The number of fused-ring (bicyclic) bond motifs is 5. The average Bonchev–Trinajstić information content (AvgIpc) is 3.73. The van der Waals surface area contributed by atoms with Gasteiger partial charge in [-0.05, 0) is 65.9 Å². The Morgan fingerprint density at radius 1 is 1.00 bits per heavy atom. The third-order valence-electron chi connectivity index (χ3n) is 10.9. The van der Waals surface area contributed by atoms with E-state index in [9.17, 15) is 44.3 Å². The van der Waals surface area contributed by atoms with E-state index in [2.05, 4.69) is 25.2 Å². The summed E-state index contributed by atoms with van der Waals surface area (Å²) in [5, 5.41) is 10.4. The fourth-order valence-corrected chi connectivity index (χ4v) is 9.07. The van der Waals surface area contributed by atoms with Crippen LogP contribution in [-0.2, 0) is 40.8 Å². The number of pyridine rings is 1. The van der Waals surface area contributed by atoms with Crippen LogP contribution in [0.4, 0.5) is 40.9 Å². The summed E-state index contributed by atoms with van der Waals surface area (Å²) < 4.78 is 146. The summed E-state index contributed by atoms with van der Waals surface area (Å²) in [5.41, 5.74) is -2.90. The SMILES string of the molecule is Cn1nc(NS(C)(=O)=O)c2c(Cl)ccc(-n3c([C@H](Cc4cc(F)cc(F)c4)NC(=O)Cn4nc(C(F)F)c5c4C(F)(F)[C@@H]4C[C@H]54)nc4cc(-c5cnc(F)c(F)c5)ccc4c3=O)c21. The molecule has 2 aliphatic carbocycles. The zero-order valence-corrected chi connectivity index (χ0v) is 33.9.